The van der Waals surface area contributed by atoms with Crippen LogP contribution in [0.25, 0.3) is 0 Å². The summed E-state index contributed by atoms with van der Waals surface area (Å²) in [5.74, 6) is -1.06. The number of rotatable bonds is 5. The van der Waals surface area contributed by atoms with Crippen molar-refractivity contribution in [3.8, 4) is 5.75 Å². The molecule has 0 saturated carbocycles. The molecule has 0 aliphatic carbocycles. The van der Waals surface area contributed by atoms with Gasteiger partial charge in [-0.3, -0.25) is 14.4 Å². The van der Waals surface area contributed by atoms with Crippen LogP contribution in [-0.4, -0.2) is 62.5 Å². The third kappa shape index (κ3) is 5.25. The molecule has 1 saturated heterocycles. The van der Waals surface area contributed by atoms with Crippen LogP contribution in [0.2, 0.25) is 0 Å². The molecular formula is C21H24N4O4. The first-order valence-electron chi connectivity index (χ1n) is 9.38. The van der Waals surface area contributed by atoms with Gasteiger partial charge in [-0.05, 0) is 24.3 Å². The number of anilines is 2. The normalized spacial score (nSPS) is 13.6. The molecule has 152 valence electrons. The van der Waals surface area contributed by atoms with Crippen LogP contribution in [-0.2, 0) is 14.4 Å². The predicted molar refractivity (Wildman–Crippen MR) is 110 cm³/mol. The van der Waals surface area contributed by atoms with Crippen molar-refractivity contribution in [3.05, 3.63) is 54.6 Å². The summed E-state index contributed by atoms with van der Waals surface area (Å²) in [6, 6.07) is 16.4. The number of ether oxygens (including phenoxy) is 1. The molecule has 0 atom stereocenters. The zero-order valence-corrected chi connectivity index (χ0v) is 16.3. The van der Waals surface area contributed by atoms with Crippen molar-refractivity contribution in [3.63, 3.8) is 0 Å². The van der Waals surface area contributed by atoms with Crippen LogP contribution in [0.4, 0.5) is 11.4 Å². The van der Waals surface area contributed by atoms with E-state index < -0.39 is 11.8 Å². The standard InChI is InChI=1S/C21H24N4O4/c1-29-18-10-6-5-9-17(18)24-11-13-25(14-12-24)19(26)15-22-20(27)21(28)23-16-7-3-2-4-8-16/h2-10H,11-15H2,1H3,(H,22,27)(H,23,28). The molecule has 2 aromatic carbocycles. The Morgan fingerprint density at radius 3 is 2.24 bits per heavy atom. The molecule has 1 fully saturated rings. The number of benzene rings is 2. The van der Waals surface area contributed by atoms with E-state index in [0.717, 1.165) is 11.4 Å². The van der Waals surface area contributed by atoms with E-state index in [2.05, 4.69) is 15.5 Å². The van der Waals surface area contributed by atoms with Gasteiger partial charge in [0.05, 0.1) is 19.3 Å². The minimum atomic E-state index is -0.838. The van der Waals surface area contributed by atoms with E-state index in [9.17, 15) is 14.4 Å². The highest BCUT2D eigenvalue weighted by molar-refractivity contribution is 6.39. The topological polar surface area (TPSA) is 91.0 Å². The van der Waals surface area contributed by atoms with Crippen LogP contribution in [0, 0.1) is 0 Å². The summed E-state index contributed by atoms with van der Waals surface area (Å²) < 4.78 is 5.40. The summed E-state index contributed by atoms with van der Waals surface area (Å²) in [7, 11) is 1.63. The SMILES string of the molecule is COc1ccccc1N1CCN(C(=O)CNC(=O)C(=O)Nc2ccccc2)CC1. The van der Waals surface area contributed by atoms with Gasteiger partial charge in [0, 0.05) is 31.9 Å². The highest BCUT2D eigenvalue weighted by Gasteiger charge is 2.23. The molecule has 1 aliphatic heterocycles. The van der Waals surface area contributed by atoms with Gasteiger partial charge >= 0.3 is 11.8 Å². The summed E-state index contributed by atoms with van der Waals surface area (Å²) in [4.78, 5) is 40.1. The maximum absolute atomic E-state index is 12.4. The number of nitrogens with one attached hydrogen (secondary N) is 2. The van der Waals surface area contributed by atoms with E-state index in [-0.39, 0.29) is 12.5 Å². The van der Waals surface area contributed by atoms with Gasteiger partial charge in [-0.1, -0.05) is 30.3 Å². The number of hydrogen-bond acceptors (Lipinski definition) is 5. The number of carbonyl (C=O) groups excluding carboxylic acids is 3. The molecule has 0 spiro atoms. The van der Waals surface area contributed by atoms with E-state index in [4.69, 9.17) is 4.74 Å². The van der Waals surface area contributed by atoms with Gasteiger partial charge in [0.25, 0.3) is 0 Å². The first-order valence-corrected chi connectivity index (χ1v) is 9.38. The van der Waals surface area contributed by atoms with Crippen molar-refractivity contribution >= 4 is 29.1 Å². The second kappa shape index (κ2) is 9.59. The smallest absolute Gasteiger partial charge is 0.313 e. The average molecular weight is 396 g/mol. The van der Waals surface area contributed by atoms with Gasteiger partial charge < -0.3 is 25.2 Å². The second-order valence-corrected chi connectivity index (χ2v) is 6.54. The molecule has 2 aromatic rings. The lowest BCUT2D eigenvalue weighted by Gasteiger charge is -2.36. The van der Waals surface area contributed by atoms with Gasteiger partial charge in [-0.15, -0.1) is 0 Å². The van der Waals surface area contributed by atoms with Crippen LogP contribution in [0.3, 0.4) is 0 Å². The summed E-state index contributed by atoms with van der Waals surface area (Å²) in [5.41, 5.74) is 1.51. The lowest BCUT2D eigenvalue weighted by Crippen LogP contribution is -2.52. The molecule has 3 rings (SSSR count). The second-order valence-electron chi connectivity index (χ2n) is 6.54. The fourth-order valence-electron chi connectivity index (χ4n) is 3.15. The van der Waals surface area contributed by atoms with Gasteiger partial charge in [0.15, 0.2) is 0 Å². The van der Waals surface area contributed by atoms with Crippen molar-refractivity contribution in [1.82, 2.24) is 10.2 Å². The quantitative estimate of drug-likeness (QED) is 0.739. The van der Waals surface area contributed by atoms with E-state index in [1.807, 2.05) is 30.3 Å². The van der Waals surface area contributed by atoms with Gasteiger partial charge in [0.2, 0.25) is 5.91 Å². The minimum Gasteiger partial charge on any atom is -0.495 e. The zero-order chi connectivity index (χ0) is 20.6. The lowest BCUT2D eigenvalue weighted by molar-refractivity contribution is -0.138. The van der Waals surface area contributed by atoms with Gasteiger partial charge in [0.1, 0.15) is 5.75 Å². The van der Waals surface area contributed by atoms with Crippen molar-refractivity contribution in [2.24, 2.45) is 0 Å². The Labute approximate surface area is 169 Å². The monoisotopic (exact) mass is 396 g/mol. The number of hydrogen-bond donors (Lipinski definition) is 2. The molecule has 0 aromatic heterocycles. The number of piperazine rings is 1. The molecule has 1 aliphatic rings. The van der Waals surface area contributed by atoms with E-state index in [1.54, 1.807) is 36.3 Å². The van der Waals surface area contributed by atoms with Gasteiger partial charge in [-0.2, -0.15) is 0 Å². The fraction of sp³-hybridized carbons (Fsp3) is 0.286. The summed E-state index contributed by atoms with van der Waals surface area (Å²) in [6.45, 7) is 2.17. The van der Waals surface area contributed by atoms with Crippen molar-refractivity contribution in [1.29, 1.82) is 0 Å². The Kier molecular flexibility index (Phi) is 6.67. The number of nitrogens with zero attached hydrogens (tertiary/aromatic N) is 2. The highest BCUT2D eigenvalue weighted by atomic mass is 16.5. The summed E-state index contributed by atoms with van der Waals surface area (Å²) in [5, 5.41) is 4.87. The maximum Gasteiger partial charge on any atom is 0.313 e. The first-order chi connectivity index (χ1) is 14.1. The van der Waals surface area contributed by atoms with E-state index in [1.165, 1.54) is 0 Å². The maximum atomic E-state index is 12.4. The Balaban J connectivity index is 1.45. The van der Waals surface area contributed by atoms with Crippen molar-refractivity contribution in [2.75, 3.05) is 50.1 Å². The largest absolute Gasteiger partial charge is 0.495 e. The Hall–Kier alpha value is -3.55. The number of para-hydroxylation sites is 3. The molecule has 0 unspecified atom stereocenters. The first kappa shape index (κ1) is 20.2. The van der Waals surface area contributed by atoms with Crippen LogP contribution in [0.15, 0.2) is 54.6 Å². The van der Waals surface area contributed by atoms with E-state index >= 15 is 0 Å². The summed E-state index contributed by atoms with van der Waals surface area (Å²) >= 11 is 0. The van der Waals surface area contributed by atoms with Gasteiger partial charge in [-0.25, -0.2) is 0 Å². The molecular weight excluding hydrogens is 372 g/mol. The third-order valence-electron chi connectivity index (χ3n) is 4.70. The molecule has 8 nitrogen and oxygen atoms in total. The Bertz CT molecular complexity index is 864. The van der Waals surface area contributed by atoms with Crippen LogP contribution >= 0.6 is 0 Å². The molecule has 8 heteroatoms. The van der Waals surface area contributed by atoms with Crippen LogP contribution < -0.4 is 20.3 Å². The Morgan fingerprint density at radius 2 is 1.55 bits per heavy atom. The van der Waals surface area contributed by atoms with E-state index in [0.29, 0.717) is 31.9 Å². The molecule has 1 heterocycles. The number of carbonyl (C=O) groups is 3. The van der Waals surface area contributed by atoms with Crippen LogP contribution in [0.5, 0.6) is 5.75 Å². The third-order valence-corrected chi connectivity index (χ3v) is 4.70. The van der Waals surface area contributed by atoms with Crippen LogP contribution in [0.1, 0.15) is 0 Å². The fourth-order valence-corrected chi connectivity index (χ4v) is 3.15. The number of amides is 3. The molecule has 0 bridgehead atoms. The molecule has 29 heavy (non-hydrogen) atoms. The Morgan fingerprint density at radius 1 is 0.897 bits per heavy atom. The summed E-state index contributed by atoms with van der Waals surface area (Å²) in [6.07, 6.45) is 0. The lowest BCUT2D eigenvalue weighted by atomic mass is 10.2. The van der Waals surface area contributed by atoms with Crippen molar-refractivity contribution < 1.29 is 19.1 Å². The molecule has 0 radical (unpaired) electrons. The average Bonchev–Trinajstić information content (AvgIpc) is 2.78. The van der Waals surface area contributed by atoms with Crippen molar-refractivity contribution in [2.45, 2.75) is 0 Å². The zero-order valence-electron chi connectivity index (χ0n) is 16.3. The number of methoxy groups -OCH3 is 1. The molecule has 2 N–H and O–H groups in total. The highest BCUT2D eigenvalue weighted by Crippen LogP contribution is 2.28. The minimum absolute atomic E-state index is 0.213. The molecule has 3 amide bonds. The predicted octanol–water partition coefficient (Wildman–Crippen LogP) is 1.10.